The van der Waals surface area contributed by atoms with E-state index in [0.29, 0.717) is 13.1 Å². The molecule has 20 heavy (non-hydrogen) atoms. The first-order valence-electron chi connectivity index (χ1n) is 6.77. The van der Waals surface area contributed by atoms with Crippen LogP contribution in [0.1, 0.15) is 40.3 Å². The van der Waals surface area contributed by atoms with Crippen LogP contribution < -0.4 is 4.74 Å². The summed E-state index contributed by atoms with van der Waals surface area (Å²) in [7, 11) is 0. The molecule has 0 aliphatic carbocycles. The van der Waals surface area contributed by atoms with Crippen molar-refractivity contribution >= 4 is 6.09 Å². The molecule has 0 saturated heterocycles. The van der Waals surface area contributed by atoms with E-state index >= 15 is 0 Å². The largest absolute Gasteiger partial charge is 0.484 e. The first-order valence-corrected chi connectivity index (χ1v) is 6.77. The van der Waals surface area contributed by atoms with E-state index in [9.17, 15) is 4.79 Å². The minimum Gasteiger partial charge on any atom is -0.484 e. The van der Waals surface area contributed by atoms with Gasteiger partial charge in [-0.15, -0.1) is 0 Å². The van der Waals surface area contributed by atoms with E-state index in [4.69, 9.17) is 9.47 Å². The summed E-state index contributed by atoms with van der Waals surface area (Å²) in [5.74, 6) is 0.726. The lowest BCUT2D eigenvalue weighted by atomic mass is 10.1. The summed E-state index contributed by atoms with van der Waals surface area (Å²) in [6.07, 6.45) is 1.36. The van der Waals surface area contributed by atoms with Crippen LogP contribution in [0, 0.1) is 0 Å². The highest BCUT2D eigenvalue weighted by Gasteiger charge is 2.34. The van der Waals surface area contributed by atoms with Gasteiger partial charge < -0.3 is 9.47 Å². The van der Waals surface area contributed by atoms with Crippen LogP contribution in [0.25, 0.3) is 0 Å². The van der Waals surface area contributed by atoms with Crippen LogP contribution in [0.5, 0.6) is 5.75 Å². The molecule has 0 bridgehead atoms. The van der Waals surface area contributed by atoms with E-state index in [1.807, 2.05) is 46.8 Å². The molecule has 5 heteroatoms. The van der Waals surface area contributed by atoms with Gasteiger partial charge in [-0.3, -0.25) is 9.88 Å². The van der Waals surface area contributed by atoms with Gasteiger partial charge >= 0.3 is 6.09 Å². The molecule has 0 aromatic carbocycles. The van der Waals surface area contributed by atoms with E-state index in [2.05, 4.69) is 4.98 Å². The highest BCUT2D eigenvalue weighted by molar-refractivity contribution is 5.68. The number of fused-ring (bicyclic) bond motifs is 1. The molecular formula is C15H22N2O3. The fraction of sp³-hybridized carbons (Fsp3) is 0.600. The van der Waals surface area contributed by atoms with Crippen LogP contribution in [0.2, 0.25) is 0 Å². The first-order chi connectivity index (χ1) is 9.16. The number of amides is 1. The fourth-order valence-corrected chi connectivity index (χ4v) is 2.12. The third-order valence-electron chi connectivity index (χ3n) is 2.80. The molecule has 1 aromatic rings. The van der Waals surface area contributed by atoms with Gasteiger partial charge in [0, 0.05) is 6.20 Å². The molecule has 0 spiro atoms. The van der Waals surface area contributed by atoms with Gasteiger partial charge in [0.25, 0.3) is 0 Å². The highest BCUT2D eigenvalue weighted by atomic mass is 16.6. The summed E-state index contributed by atoms with van der Waals surface area (Å²) in [6.45, 7) is 10.3. The van der Waals surface area contributed by atoms with Crippen LogP contribution in [-0.4, -0.2) is 33.7 Å². The molecule has 2 rings (SSSR count). The van der Waals surface area contributed by atoms with Gasteiger partial charge in [-0.25, -0.2) is 4.79 Å². The molecule has 1 aliphatic rings. The van der Waals surface area contributed by atoms with Crippen molar-refractivity contribution in [3.05, 3.63) is 24.0 Å². The Bertz CT molecular complexity index is 506. The van der Waals surface area contributed by atoms with Gasteiger partial charge in [0.05, 0.1) is 13.1 Å². The van der Waals surface area contributed by atoms with Gasteiger partial charge in [-0.1, -0.05) is 0 Å². The normalized spacial score (nSPS) is 17.8. The Hall–Kier alpha value is -1.78. The van der Waals surface area contributed by atoms with Gasteiger partial charge in [0.15, 0.2) is 0 Å². The van der Waals surface area contributed by atoms with Gasteiger partial charge in [0.2, 0.25) is 0 Å². The van der Waals surface area contributed by atoms with Crippen molar-refractivity contribution < 1.29 is 14.3 Å². The number of nitrogens with zero attached hydrogens (tertiary/aromatic N) is 2. The summed E-state index contributed by atoms with van der Waals surface area (Å²) >= 11 is 0. The molecule has 110 valence electrons. The molecular weight excluding hydrogens is 256 g/mol. The molecule has 1 aromatic heterocycles. The molecule has 1 aliphatic heterocycles. The predicted molar refractivity (Wildman–Crippen MR) is 75.6 cm³/mol. The molecule has 0 radical (unpaired) electrons. The standard InChI is InChI=1S/C15H22N2O3/c1-14(2,3)20-13(18)17-9-11-12(7-6-8-16-11)19-15(4,5)10-17/h6-8H,9-10H2,1-5H3. The first kappa shape index (κ1) is 14.6. The van der Waals surface area contributed by atoms with Crippen molar-refractivity contribution in [2.75, 3.05) is 6.54 Å². The molecule has 5 nitrogen and oxygen atoms in total. The zero-order valence-corrected chi connectivity index (χ0v) is 12.8. The molecule has 0 fully saturated rings. The van der Waals surface area contributed by atoms with E-state index in [1.54, 1.807) is 11.1 Å². The van der Waals surface area contributed by atoms with E-state index in [-0.39, 0.29) is 6.09 Å². The minimum atomic E-state index is -0.513. The van der Waals surface area contributed by atoms with Crippen molar-refractivity contribution in [3.63, 3.8) is 0 Å². The number of pyridine rings is 1. The Morgan fingerprint density at radius 3 is 2.80 bits per heavy atom. The topological polar surface area (TPSA) is 51.7 Å². The number of hydrogen-bond donors (Lipinski definition) is 0. The third-order valence-corrected chi connectivity index (χ3v) is 2.80. The Morgan fingerprint density at radius 1 is 1.45 bits per heavy atom. The van der Waals surface area contributed by atoms with E-state index in [1.165, 1.54) is 0 Å². The summed E-state index contributed by atoms with van der Waals surface area (Å²) in [5, 5.41) is 0. The Kier molecular flexibility index (Phi) is 3.63. The van der Waals surface area contributed by atoms with Crippen molar-refractivity contribution in [1.29, 1.82) is 0 Å². The Balaban J connectivity index is 2.25. The number of carbonyl (C=O) groups excluding carboxylic acids is 1. The van der Waals surface area contributed by atoms with Crippen molar-refractivity contribution in [2.45, 2.75) is 52.4 Å². The van der Waals surface area contributed by atoms with E-state index in [0.717, 1.165) is 11.4 Å². The molecule has 0 N–H and O–H groups in total. The maximum atomic E-state index is 12.3. The fourth-order valence-electron chi connectivity index (χ4n) is 2.12. The lowest BCUT2D eigenvalue weighted by molar-refractivity contribution is 0.00745. The Labute approximate surface area is 119 Å². The number of aromatic nitrogens is 1. The number of hydrogen-bond acceptors (Lipinski definition) is 4. The second-order valence-electron chi connectivity index (χ2n) is 6.65. The number of carbonyl (C=O) groups is 1. The highest BCUT2D eigenvalue weighted by Crippen LogP contribution is 2.28. The van der Waals surface area contributed by atoms with Crippen molar-refractivity contribution in [1.82, 2.24) is 9.88 Å². The van der Waals surface area contributed by atoms with Gasteiger partial charge in [0.1, 0.15) is 22.6 Å². The maximum absolute atomic E-state index is 12.3. The lowest BCUT2D eigenvalue weighted by Gasteiger charge is -2.31. The number of rotatable bonds is 0. The molecule has 0 saturated carbocycles. The van der Waals surface area contributed by atoms with Crippen LogP contribution in [0.15, 0.2) is 18.3 Å². The summed E-state index contributed by atoms with van der Waals surface area (Å²) < 4.78 is 11.4. The second kappa shape index (κ2) is 4.96. The smallest absolute Gasteiger partial charge is 0.410 e. The van der Waals surface area contributed by atoms with Crippen molar-refractivity contribution in [2.24, 2.45) is 0 Å². The molecule has 2 heterocycles. The average molecular weight is 278 g/mol. The second-order valence-corrected chi connectivity index (χ2v) is 6.65. The third kappa shape index (κ3) is 3.62. The maximum Gasteiger partial charge on any atom is 0.410 e. The van der Waals surface area contributed by atoms with Crippen LogP contribution in [-0.2, 0) is 11.3 Å². The summed E-state index contributed by atoms with van der Waals surface area (Å²) in [6, 6.07) is 3.71. The summed E-state index contributed by atoms with van der Waals surface area (Å²) in [4.78, 5) is 18.2. The number of ether oxygens (including phenoxy) is 2. The Morgan fingerprint density at radius 2 is 2.15 bits per heavy atom. The summed E-state index contributed by atoms with van der Waals surface area (Å²) in [5.41, 5.74) is -0.240. The van der Waals surface area contributed by atoms with Gasteiger partial charge in [-0.05, 0) is 46.8 Å². The predicted octanol–water partition coefficient (Wildman–Crippen LogP) is 2.99. The molecule has 0 unspecified atom stereocenters. The zero-order valence-electron chi connectivity index (χ0n) is 12.8. The van der Waals surface area contributed by atoms with Crippen LogP contribution in [0.3, 0.4) is 0 Å². The van der Waals surface area contributed by atoms with Gasteiger partial charge in [-0.2, -0.15) is 0 Å². The minimum absolute atomic E-state index is 0.340. The van der Waals surface area contributed by atoms with E-state index < -0.39 is 11.2 Å². The molecule has 0 atom stereocenters. The van der Waals surface area contributed by atoms with Crippen molar-refractivity contribution in [3.8, 4) is 5.75 Å². The quantitative estimate of drug-likeness (QED) is 0.732. The van der Waals surface area contributed by atoms with Crippen LogP contribution in [0.4, 0.5) is 4.79 Å². The SMILES string of the molecule is CC(C)(C)OC(=O)N1Cc2ncccc2OC(C)(C)C1. The monoisotopic (exact) mass is 278 g/mol. The zero-order chi connectivity index (χ0) is 15.0. The van der Waals surface area contributed by atoms with Crippen LogP contribution >= 0.6 is 0 Å². The lowest BCUT2D eigenvalue weighted by Crippen LogP contribution is -2.45. The molecule has 1 amide bonds. The average Bonchev–Trinajstić information content (AvgIpc) is 2.41.